The number of hydrogen-bond donors (Lipinski definition) is 2. The lowest BCUT2D eigenvalue weighted by Gasteiger charge is -2.37. The number of nitrogens with zero attached hydrogens (tertiary/aromatic N) is 1. The van der Waals surface area contributed by atoms with Crippen LogP contribution in [0.5, 0.6) is 0 Å². The van der Waals surface area contributed by atoms with Crippen molar-refractivity contribution in [3.05, 3.63) is 0 Å². The van der Waals surface area contributed by atoms with Crippen LogP contribution >= 0.6 is 0 Å². The molecule has 1 aliphatic rings. The summed E-state index contributed by atoms with van der Waals surface area (Å²) < 4.78 is 0. The van der Waals surface area contributed by atoms with Gasteiger partial charge in [0.15, 0.2) is 0 Å². The van der Waals surface area contributed by atoms with Gasteiger partial charge in [0.25, 0.3) is 0 Å². The molecule has 14 heavy (non-hydrogen) atoms. The maximum absolute atomic E-state index is 11.7. The molecule has 0 aliphatic carbocycles. The Balaban J connectivity index is 2.80. The van der Waals surface area contributed by atoms with E-state index in [1.165, 1.54) is 0 Å². The van der Waals surface area contributed by atoms with Gasteiger partial charge in [0.1, 0.15) is 6.04 Å². The quantitative estimate of drug-likeness (QED) is 0.647. The fourth-order valence-corrected chi connectivity index (χ4v) is 1.81. The molecule has 4 nitrogen and oxygen atoms in total. The maximum Gasteiger partial charge on any atom is 0.238 e. The van der Waals surface area contributed by atoms with Crippen LogP contribution in [0.25, 0.3) is 0 Å². The molecule has 0 aromatic heterocycles. The summed E-state index contributed by atoms with van der Waals surface area (Å²) >= 11 is 0. The highest BCUT2D eigenvalue weighted by Crippen LogP contribution is 2.21. The van der Waals surface area contributed by atoms with Crippen molar-refractivity contribution in [2.75, 3.05) is 27.2 Å². The van der Waals surface area contributed by atoms with Crippen molar-refractivity contribution >= 4 is 5.91 Å². The zero-order valence-corrected chi connectivity index (χ0v) is 9.55. The fraction of sp³-hybridized carbons (Fsp3) is 0.900. The van der Waals surface area contributed by atoms with Gasteiger partial charge in [0.2, 0.25) is 5.91 Å². The number of hydrogen-bond acceptors (Lipinski definition) is 3. The minimum absolute atomic E-state index is 0.0579. The first-order valence-electron chi connectivity index (χ1n) is 5.14. The summed E-state index contributed by atoms with van der Waals surface area (Å²) in [4.78, 5) is 13.9. The number of carbonyl (C=O) groups excluding carboxylic acids is 1. The van der Waals surface area contributed by atoms with Crippen LogP contribution in [0.4, 0.5) is 0 Å². The van der Waals surface area contributed by atoms with Gasteiger partial charge in [-0.15, -0.1) is 0 Å². The van der Waals surface area contributed by atoms with E-state index in [0.717, 1.165) is 13.0 Å². The second-order valence-corrected chi connectivity index (χ2v) is 4.54. The van der Waals surface area contributed by atoms with Crippen LogP contribution in [-0.2, 0) is 4.79 Å². The number of likely N-dealkylation sites (N-methyl/N-ethyl adjacent to an activating group) is 2. The fourth-order valence-electron chi connectivity index (χ4n) is 1.81. The topological polar surface area (TPSA) is 44.4 Å². The Morgan fingerprint density at radius 1 is 1.64 bits per heavy atom. The van der Waals surface area contributed by atoms with Crippen molar-refractivity contribution < 1.29 is 4.79 Å². The summed E-state index contributed by atoms with van der Waals surface area (Å²) in [6.45, 7) is 5.83. The highest BCUT2D eigenvalue weighted by molar-refractivity contribution is 5.82. The lowest BCUT2D eigenvalue weighted by atomic mass is 9.98. The van der Waals surface area contributed by atoms with Gasteiger partial charge in [-0.2, -0.15) is 0 Å². The van der Waals surface area contributed by atoms with Gasteiger partial charge in [-0.05, 0) is 34.4 Å². The highest BCUT2D eigenvalue weighted by Gasteiger charge is 2.35. The molecular weight excluding hydrogens is 178 g/mol. The van der Waals surface area contributed by atoms with Crippen LogP contribution in [0.15, 0.2) is 0 Å². The van der Waals surface area contributed by atoms with Crippen molar-refractivity contribution in [2.45, 2.75) is 31.8 Å². The van der Waals surface area contributed by atoms with Gasteiger partial charge in [0.05, 0.1) is 0 Å². The van der Waals surface area contributed by atoms with E-state index in [-0.39, 0.29) is 17.5 Å². The summed E-state index contributed by atoms with van der Waals surface area (Å²) in [7, 11) is 3.89. The number of carbonyl (C=O) groups is 1. The Bertz CT molecular complexity index is 215. The van der Waals surface area contributed by atoms with E-state index in [1.54, 1.807) is 0 Å². The molecule has 1 saturated heterocycles. The van der Waals surface area contributed by atoms with Crippen molar-refractivity contribution in [3.63, 3.8) is 0 Å². The highest BCUT2D eigenvalue weighted by atomic mass is 16.2. The summed E-state index contributed by atoms with van der Waals surface area (Å²) in [6.07, 6.45) is 0.995. The van der Waals surface area contributed by atoms with E-state index in [0.29, 0.717) is 6.54 Å². The van der Waals surface area contributed by atoms with E-state index in [4.69, 9.17) is 0 Å². The Morgan fingerprint density at radius 3 is 2.86 bits per heavy atom. The van der Waals surface area contributed by atoms with Crippen molar-refractivity contribution in [1.82, 2.24) is 15.5 Å². The van der Waals surface area contributed by atoms with Gasteiger partial charge in [-0.1, -0.05) is 0 Å². The van der Waals surface area contributed by atoms with E-state index in [1.807, 2.05) is 14.1 Å². The molecule has 1 rings (SSSR count). The second kappa shape index (κ2) is 4.28. The Morgan fingerprint density at radius 2 is 2.29 bits per heavy atom. The Labute approximate surface area is 86.0 Å². The van der Waals surface area contributed by atoms with E-state index in [9.17, 15) is 4.79 Å². The minimum atomic E-state index is -0.0579. The van der Waals surface area contributed by atoms with Gasteiger partial charge in [0, 0.05) is 18.6 Å². The van der Waals surface area contributed by atoms with Gasteiger partial charge in [-0.3, -0.25) is 9.69 Å². The minimum Gasteiger partial charge on any atom is -0.355 e. The van der Waals surface area contributed by atoms with Gasteiger partial charge in [-0.25, -0.2) is 0 Å². The SMILES string of the molecule is CNCC1C(=O)NCCC(C)(C)N1C. The molecule has 1 amide bonds. The van der Waals surface area contributed by atoms with Crippen LogP contribution in [0.1, 0.15) is 20.3 Å². The van der Waals surface area contributed by atoms with E-state index < -0.39 is 0 Å². The van der Waals surface area contributed by atoms with E-state index in [2.05, 4.69) is 29.4 Å². The third kappa shape index (κ3) is 2.25. The molecule has 0 saturated carbocycles. The van der Waals surface area contributed by atoms with E-state index >= 15 is 0 Å². The van der Waals surface area contributed by atoms with Crippen molar-refractivity contribution in [2.24, 2.45) is 0 Å². The first kappa shape index (κ1) is 11.5. The van der Waals surface area contributed by atoms with Crippen LogP contribution < -0.4 is 10.6 Å². The molecule has 0 aromatic carbocycles. The molecule has 1 aliphatic heterocycles. The zero-order chi connectivity index (χ0) is 10.8. The van der Waals surface area contributed by atoms with Crippen molar-refractivity contribution in [1.29, 1.82) is 0 Å². The molecule has 1 fully saturated rings. The number of nitrogens with one attached hydrogen (secondary N) is 2. The predicted molar refractivity (Wildman–Crippen MR) is 57.2 cm³/mol. The van der Waals surface area contributed by atoms with Crippen LogP contribution in [-0.4, -0.2) is 49.6 Å². The average Bonchev–Trinajstić information content (AvgIpc) is 2.19. The third-order valence-electron chi connectivity index (χ3n) is 3.16. The molecule has 4 heteroatoms. The summed E-state index contributed by atoms with van der Waals surface area (Å²) in [5.74, 6) is 0.132. The van der Waals surface area contributed by atoms with Crippen molar-refractivity contribution in [3.8, 4) is 0 Å². The average molecular weight is 199 g/mol. The second-order valence-electron chi connectivity index (χ2n) is 4.54. The number of amides is 1. The largest absolute Gasteiger partial charge is 0.355 e. The summed E-state index contributed by atoms with van der Waals surface area (Å²) in [5.41, 5.74) is 0.0840. The van der Waals surface area contributed by atoms with Crippen LogP contribution in [0, 0.1) is 0 Å². The summed E-state index contributed by atoms with van der Waals surface area (Å²) in [5, 5.41) is 6.01. The Kier molecular flexibility index (Phi) is 3.50. The molecule has 82 valence electrons. The smallest absolute Gasteiger partial charge is 0.238 e. The molecule has 0 spiro atoms. The monoisotopic (exact) mass is 199 g/mol. The molecule has 1 heterocycles. The lowest BCUT2D eigenvalue weighted by Crippen LogP contribution is -2.53. The number of rotatable bonds is 2. The maximum atomic E-state index is 11.7. The normalized spacial score (nSPS) is 28.3. The molecule has 1 atom stereocenters. The van der Waals surface area contributed by atoms with Gasteiger partial charge >= 0.3 is 0 Å². The Hall–Kier alpha value is -0.610. The summed E-state index contributed by atoms with van der Waals surface area (Å²) in [6, 6.07) is -0.0579. The van der Waals surface area contributed by atoms with Gasteiger partial charge < -0.3 is 10.6 Å². The molecule has 1 unspecified atom stereocenters. The third-order valence-corrected chi connectivity index (χ3v) is 3.16. The molecule has 0 radical (unpaired) electrons. The van der Waals surface area contributed by atoms with Crippen LogP contribution in [0.3, 0.4) is 0 Å². The molecule has 2 N–H and O–H groups in total. The molecule has 0 aromatic rings. The molecule has 0 bridgehead atoms. The first-order chi connectivity index (χ1) is 6.49. The molecular formula is C10H21N3O. The first-order valence-corrected chi connectivity index (χ1v) is 5.14. The standard InChI is InChI=1S/C10H21N3O/c1-10(2)5-6-12-9(14)8(7-11-3)13(10)4/h8,11H,5-7H2,1-4H3,(H,12,14). The lowest BCUT2D eigenvalue weighted by molar-refractivity contribution is -0.126. The predicted octanol–water partition coefficient (Wildman–Crippen LogP) is -0.195. The van der Waals surface area contributed by atoms with Crippen LogP contribution in [0.2, 0.25) is 0 Å². The zero-order valence-electron chi connectivity index (χ0n) is 9.55.